The highest BCUT2D eigenvalue weighted by Crippen LogP contribution is 2.85. The van der Waals surface area contributed by atoms with Crippen LogP contribution in [0.2, 0.25) is 0 Å². The Morgan fingerprint density at radius 1 is 1.30 bits per heavy atom. The van der Waals surface area contributed by atoms with Gasteiger partial charge in [-0.2, -0.15) is 0 Å². The lowest BCUT2D eigenvalue weighted by atomic mass is 9.96. The van der Waals surface area contributed by atoms with Gasteiger partial charge >= 0.3 is 5.97 Å². The molecule has 2 aliphatic carbocycles. The first-order chi connectivity index (χ1) is 13.0. The summed E-state index contributed by atoms with van der Waals surface area (Å²) in [6, 6.07) is 8.13. The van der Waals surface area contributed by atoms with Crippen LogP contribution in [-0.2, 0) is 9.53 Å². The highest BCUT2D eigenvalue weighted by Gasteiger charge is 2.84. The molecule has 1 amide bonds. The van der Waals surface area contributed by atoms with Crippen LogP contribution in [0.3, 0.4) is 0 Å². The average Bonchev–Trinajstić information content (AvgIpc) is 3.54. The third kappa shape index (κ3) is 2.79. The molecule has 4 rings (SSSR count). The average molecular weight is 368 g/mol. The fourth-order valence-corrected chi connectivity index (χ4v) is 3.74. The molecule has 0 saturated heterocycles. The predicted octanol–water partition coefficient (Wildman–Crippen LogP) is 2.61. The number of rotatable bonds is 6. The highest BCUT2D eigenvalue weighted by atomic mass is 16.5. The number of aromatic nitrogens is 1. The summed E-state index contributed by atoms with van der Waals surface area (Å²) in [7, 11) is 1.53. The Morgan fingerprint density at radius 2 is 2.07 bits per heavy atom. The van der Waals surface area contributed by atoms with E-state index in [1.807, 2.05) is 0 Å². The van der Waals surface area contributed by atoms with Gasteiger partial charge in [-0.3, -0.25) is 14.6 Å². The number of hydrogen-bond acceptors (Lipinski definition) is 6. The molecule has 2 aromatic rings. The van der Waals surface area contributed by atoms with Crippen molar-refractivity contribution in [3.63, 3.8) is 0 Å². The van der Waals surface area contributed by atoms with Crippen molar-refractivity contribution in [2.75, 3.05) is 13.7 Å². The van der Waals surface area contributed by atoms with Gasteiger partial charge in [-0.15, -0.1) is 0 Å². The number of ether oxygens (including phenoxy) is 2. The monoisotopic (exact) mass is 368 g/mol. The molecule has 1 heterocycles. The van der Waals surface area contributed by atoms with Crippen LogP contribution in [0.25, 0.3) is 0 Å². The maximum absolute atomic E-state index is 12.2. The van der Waals surface area contributed by atoms with Crippen molar-refractivity contribution in [1.82, 2.24) is 10.3 Å². The summed E-state index contributed by atoms with van der Waals surface area (Å²) in [6.07, 6.45) is 2.30. The molecule has 1 aromatic heterocycles. The minimum atomic E-state index is -0.463. The van der Waals surface area contributed by atoms with Gasteiger partial charge in [0.1, 0.15) is 22.9 Å². The molecule has 7 heteroatoms. The van der Waals surface area contributed by atoms with Crippen LogP contribution < -0.4 is 10.1 Å². The summed E-state index contributed by atoms with van der Waals surface area (Å²) in [4.78, 5) is 27.9. The van der Waals surface area contributed by atoms with E-state index in [1.165, 1.54) is 13.2 Å². The predicted molar refractivity (Wildman–Crippen MR) is 95.7 cm³/mol. The van der Waals surface area contributed by atoms with E-state index in [1.54, 1.807) is 37.3 Å². The van der Waals surface area contributed by atoms with Crippen molar-refractivity contribution in [2.45, 2.75) is 19.3 Å². The number of phenols is 1. The Hall–Kier alpha value is -3.09. The summed E-state index contributed by atoms with van der Waals surface area (Å²) >= 11 is 0. The number of carbonyl (C=O) groups is 2. The Balaban J connectivity index is 1.55. The number of esters is 1. The minimum Gasteiger partial charge on any atom is -0.508 e. The molecule has 2 N–H and O–H groups in total. The van der Waals surface area contributed by atoms with Crippen molar-refractivity contribution in [3.8, 4) is 17.2 Å². The lowest BCUT2D eigenvalue weighted by molar-refractivity contribution is -0.147. The first-order valence-corrected chi connectivity index (χ1v) is 8.87. The SMILES string of the molecule is CCOC(=O)C12CC1[C@H]2c1cc(Oc2ccnc(C(=O)NC)c2)ccc1O. The zero-order valence-electron chi connectivity index (χ0n) is 15.1. The summed E-state index contributed by atoms with van der Waals surface area (Å²) in [5, 5.41) is 12.8. The van der Waals surface area contributed by atoms with Crippen molar-refractivity contribution in [2.24, 2.45) is 11.3 Å². The van der Waals surface area contributed by atoms with Gasteiger partial charge in [0, 0.05) is 30.8 Å². The number of nitrogens with zero attached hydrogens (tertiary/aromatic N) is 1. The van der Waals surface area contributed by atoms with Crippen LogP contribution >= 0.6 is 0 Å². The van der Waals surface area contributed by atoms with Gasteiger partial charge in [-0.05, 0) is 43.5 Å². The summed E-state index contributed by atoms with van der Waals surface area (Å²) < 4.78 is 11.0. The number of nitrogens with one attached hydrogen (secondary N) is 1. The van der Waals surface area contributed by atoms with Gasteiger partial charge in [0.25, 0.3) is 5.91 Å². The molecule has 2 fully saturated rings. The fourth-order valence-electron chi connectivity index (χ4n) is 3.74. The molecule has 2 saturated carbocycles. The van der Waals surface area contributed by atoms with E-state index < -0.39 is 5.41 Å². The molecule has 3 atom stereocenters. The van der Waals surface area contributed by atoms with Gasteiger partial charge in [-0.25, -0.2) is 0 Å². The maximum Gasteiger partial charge on any atom is 0.313 e. The standard InChI is InChI=1S/C20H20N2O5/c1-3-26-19(25)20-10-14(20)17(20)13-8-11(4-5-16(13)23)27-12-6-7-22-15(9-12)18(24)21-2/h4-9,14,17,23H,3,10H2,1-2H3,(H,21,24)/t14?,17-,20?/m1/s1. The maximum atomic E-state index is 12.2. The Kier molecular flexibility index (Phi) is 4.02. The first-order valence-electron chi connectivity index (χ1n) is 8.87. The Morgan fingerprint density at radius 3 is 2.78 bits per heavy atom. The van der Waals surface area contributed by atoms with Crippen molar-refractivity contribution in [1.29, 1.82) is 0 Å². The van der Waals surface area contributed by atoms with Crippen molar-refractivity contribution >= 4 is 11.9 Å². The van der Waals surface area contributed by atoms with Crippen LogP contribution in [0, 0.1) is 11.3 Å². The topological polar surface area (TPSA) is 97.8 Å². The van der Waals surface area contributed by atoms with E-state index in [0.717, 1.165) is 6.42 Å². The van der Waals surface area contributed by atoms with E-state index in [9.17, 15) is 14.7 Å². The van der Waals surface area contributed by atoms with Crippen LogP contribution in [0.1, 0.15) is 35.3 Å². The molecule has 0 aliphatic heterocycles. The van der Waals surface area contributed by atoms with Crippen LogP contribution in [-0.4, -0.2) is 35.6 Å². The summed E-state index contributed by atoms with van der Waals surface area (Å²) in [6.45, 7) is 2.14. The Bertz CT molecular complexity index is 928. The first kappa shape index (κ1) is 17.3. The van der Waals surface area contributed by atoms with E-state index in [2.05, 4.69) is 10.3 Å². The second-order valence-electron chi connectivity index (χ2n) is 6.83. The molecule has 7 nitrogen and oxygen atoms in total. The zero-order chi connectivity index (χ0) is 19.2. The number of carbonyl (C=O) groups excluding carboxylic acids is 2. The van der Waals surface area contributed by atoms with Gasteiger partial charge in [0.05, 0.1) is 12.0 Å². The highest BCUT2D eigenvalue weighted by molar-refractivity contribution is 5.92. The molecule has 2 unspecified atom stereocenters. The van der Waals surface area contributed by atoms with Crippen LogP contribution in [0.4, 0.5) is 0 Å². The van der Waals surface area contributed by atoms with Crippen LogP contribution in [0.15, 0.2) is 36.5 Å². The van der Waals surface area contributed by atoms with E-state index in [-0.39, 0.29) is 35.2 Å². The van der Waals surface area contributed by atoms with Gasteiger partial charge in [0.2, 0.25) is 0 Å². The van der Waals surface area contributed by atoms with Gasteiger partial charge < -0.3 is 19.9 Å². The smallest absolute Gasteiger partial charge is 0.313 e. The summed E-state index contributed by atoms with van der Waals surface area (Å²) in [5.74, 6) is 0.835. The third-order valence-corrected chi connectivity index (χ3v) is 5.32. The Labute approximate surface area is 156 Å². The molecular formula is C20H20N2O5. The number of amides is 1. The molecule has 2 aliphatic rings. The molecule has 140 valence electrons. The second kappa shape index (κ2) is 6.26. The number of hydrogen-bond donors (Lipinski definition) is 2. The fraction of sp³-hybridized carbons (Fsp3) is 0.350. The number of phenolic OH excluding ortho intramolecular Hbond substituents is 1. The molecule has 0 bridgehead atoms. The molecule has 0 spiro atoms. The zero-order valence-corrected chi connectivity index (χ0v) is 15.1. The molecule has 27 heavy (non-hydrogen) atoms. The van der Waals surface area contributed by atoms with E-state index >= 15 is 0 Å². The molecule has 0 radical (unpaired) electrons. The van der Waals surface area contributed by atoms with Crippen LogP contribution in [0.5, 0.6) is 17.2 Å². The second-order valence-corrected chi connectivity index (χ2v) is 6.83. The third-order valence-electron chi connectivity index (χ3n) is 5.32. The van der Waals surface area contributed by atoms with Crippen molar-refractivity contribution in [3.05, 3.63) is 47.8 Å². The normalized spacial score (nSPS) is 24.5. The lowest BCUT2D eigenvalue weighted by Gasteiger charge is -2.14. The van der Waals surface area contributed by atoms with Gasteiger partial charge in [-0.1, -0.05) is 0 Å². The largest absolute Gasteiger partial charge is 0.508 e. The molecule has 1 aromatic carbocycles. The van der Waals surface area contributed by atoms with E-state index in [4.69, 9.17) is 9.47 Å². The number of pyridine rings is 1. The van der Waals surface area contributed by atoms with Crippen molar-refractivity contribution < 1.29 is 24.2 Å². The number of aromatic hydroxyl groups is 1. The summed E-state index contributed by atoms with van der Waals surface area (Å²) in [5.41, 5.74) is 0.478. The lowest BCUT2D eigenvalue weighted by Crippen LogP contribution is -2.18. The number of benzene rings is 1. The van der Waals surface area contributed by atoms with E-state index in [0.29, 0.717) is 23.7 Å². The number of fused-ring (bicyclic) bond motifs is 1. The van der Waals surface area contributed by atoms with Gasteiger partial charge in [0.15, 0.2) is 0 Å². The minimum absolute atomic E-state index is 0.0287. The quantitative estimate of drug-likeness (QED) is 0.761. The molecular weight excluding hydrogens is 348 g/mol.